The highest BCUT2D eigenvalue weighted by molar-refractivity contribution is 7.20. The van der Waals surface area contributed by atoms with Crippen LogP contribution < -0.4 is 9.47 Å². The average Bonchev–Trinajstić information content (AvgIpc) is 2.85. The molecule has 0 fully saturated rings. The van der Waals surface area contributed by atoms with Gasteiger partial charge in [0.25, 0.3) is 0 Å². The van der Waals surface area contributed by atoms with Gasteiger partial charge in [-0.25, -0.2) is 0 Å². The first-order valence-corrected chi connectivity index (χ1v) is 5.85. The Morgan fingerprint density at radius 2 is 2.00 bits per heavy atom. The number of ether oxygens (including phenoxy) is 2. The van der Waals surface area contributed by atoms with Crippen LogP contribution in [0.25, 0.3) is 9.75 Å². The van der Waals surface area contributed by atoms with Gasteiger partial charge in [0.1, 0.15) is 11.5 Å². The topological polar surface area (TPSA) is 18.5 Å². The molecule has 0 N–H and O–H groups in total. The maximum atomic E-state index is 5.26. The zero-order valence-electron chi connectivity index (χ0n) is 7.94. The van der Waals surface area contributed by atoms with Crippen molar-refractivity contribution in [3.05, 3.63) is 22.9 Å². The van der Waals surface area contributed by atoms with Crippen molar-refractivity contribution in [2.75, 3.05) is 14.2 Å². The molecule has 0 spiro atoms. The molecule has 2 heterocycles. The van der Waals surface area contributed by atoms with E-state index in [9.17, 15) is 0 Å². The van der Waals surface area contributed by atoms with Crippen LogP contribution in [0.3, 0.4) is 0 Å². The second kappa shape index (κ2) is 4.02. The maximum Gasteiger partial charge on any atom is 0.138 e. The van der Waals surface area contributed by atoms with E-state index in [-0.39, 0.29) is 0 Å². The molecule has 0 radical (unpaired) electrons. The molecule has 0 atom stereocenters. The molecule has 2 rings (SSSR count). The molecule has 0 saturated heterocycles. The third-order valence-corrected chi connectivity index (χ3v) is 3.87. The van der Waals surface area contributed by atoms with Crippen molar-refractivity contribution >= 4 is 22.7 Å². The Hall–Kier alpha value is -1.00. The summed E-state index contributed by atoms with van der Waals surface area (Å²) in [6, 6.07) is 4.01. The summed E-state index contributed by atoms with van der Waals surface area (Å²) >= 11 is 3.35. The smallest absolute Gasteiger partial charge is 0.138 e. The number of hydrogen-bond acceptors (Lipinski definition) is 4. The van der Waals surface area contributed by atoms with Crippen molar-refractivity contribution in [3.8, 4) is 21.3 Å². The molecule has 2 aromatic heterocycles. The van der Waals surface area contributed by atoms with Gasteiger partial charge >= 0.3 is 0 Å². The van der Waals surface area contributed by atoms with Crippen molar-refractivity contribution in [1.29, 1.82) is 0 Å². The van der Waals surface area contributed by atoms with Crippen molar-refractivity contribution in [1.82, 2.24) is 0 Å². The molecule has 74 valence electrons. The molecule has 0 saturated carbocycles. The lowest BCUT2D eigenvalue weighted by Gasteiger charge is -1.98. The molecular formula is C10H10O2S2. The van der Waals surface area contributed by atoms with Crippen LogP contribution in [0.2, 0.25) is 0 Å². The summed E-state index contributed by atoms with van der Waals surface area (Å²) in [7, 11) is 3.37. The lowest BCUT2D eigenvalue weighted by Crippen LogP contribution is -1.80. The van der Waals surface area contributed by atoms with Crippen molar-refractivity contribution < 1.29 is 9.47 Å². The minimum atomic E-state index is 0.903. The van der Waals surface area contributed by atoms with Crippen LogP contribution in [-0.4, -0.2) is 14.2 Å². The molecule has 0 amide bonds. The second-order valence-corrected chi connectivity index (χ2v) is 4.50. The van der Waals surface area contributed by atoms with Gasteiger partial charge in [-0.2, -0.15) is 0 Å². The van der Waals surface area contributed by atoms with E-state index in [1.165, 1.54) is 9.75 Å². The fourth-order valence-corrected chi connectivity index (χ4v) is 3.04. The van der Waals surface area contributed by atoms with E-state index in [0.29, 0.717) is 0 Å². The van der Waals surface area contributed by atoms with E-state index in [2.05, 4.69) is 0 Å². The van der Waals surface area contributed by atoms with Gasteiger partial charge in [0.15, 0.2) is 0 Å². The molecule has 0 aliphatic heterocycles. The predicted molar refractivity (Wildman–Crippen MR) is 60.7 cm³/mol. The first-order chi connectivity index (χ1) is 6.85. The molecule has 4 heteroatoms. The fraction of sp³-hybridized carbons (Fsp3) is 0.200. The minimum Gasteiger partial charge on any atom is -0.496 e. The number of rotatable bonds is 3. The highest BCUT2D eigenvalue weighted by Crippen LogP contribution is 2.40. The van der Waals surface area contributed by atoms with Gasteiger partial charge in [-0.15, -0.1) is 22.7 Å². The van der Waals surface area contributed by atoms with Gasteiger partial charge in [0, 0.05) is 5.38 Å². The zero-order chi connectivity index (χ0) is 9.97. The minimum absolute atomic E-state index is 0.903. The summed E-state index contributed by atoms with van der Waals surface area (Å²) in [5, 5.41) is 4.02. The van der Waals surface area contributed by atoms with E-state index >= 15 is 0 Å². The molecular weight excluding hydrogens is 216 g/mol. The van der Waals surface area contributed by atoms with Crippen LogP contribution in [0.5, 0.6) is 11.5 Å². The lowest BCUT2D eigenvalue weighted by molar-refractivity contribution is 0.416. The Kier molecular flexibility index (Phi) is 2.74. The molecule has 0 aliphatic carbocycles. The average molecular weight is 226 g/mol. The first-order valence-electron chi connectivity index (χ1n) is 4.09. The summed E-state index contributed by atoms with van der Waals surface area (Å²) in [6.07, 6.45) is 0. The van der Waals surface area contributed by atoms with E-state index < -0.39 is 0 Å². The van der Waals surface area contributed by atoms with E-state index in [1.807, 2.05) is 22.9 Å². The van der Waals surface area contributed by atoms with E-state index in [1.54, 1.807) is 36.9 Å². The monoisotopic (exact) mass is 226 g/mol. The molecule has 2 aromatic rings. The number of methoxy groups -OCH3 is 2. The molecule has 14 heavy (non-hydrogen) atoms. The number of hydrogen-bond donors (Lipinski definition) is 0. The van der Waals surface area contributed by atoms with Crippen LogP contribution >= 0.6 is 22.7 Å². The van der Waals surface area contributed by atoms with Gasteiger partial charge in [0.05, 0.1) is 24.0 Å². The maximum absolute atomic E-state index is 5.26. The van der Waals surface area contributed by atoms with Crippen LogP contribution in [0.1, 0.15) is 0 Å². The SMILES string of the molecule is COc1csc(-c2sccc2OC)c1. The Morgan fingerprint density at radius 1 is 1.14 bits per heavy atom. The third kappa shape index (κ3) is 1.63. The fourth-order valence-electron chi connectivity index (χ4n) is 1.18. The molecule has 0 unspecified atom stereocenters. The first kappa shape index (κ1) is 9.55. The van der Waals surface area contributed by atoms with Crippen LogP contribution in [0.15, 0.2) is 22.9 Å². The quantitative estimate of drug-likeness (QED) is 0.797. The summed E-state index contributed by atoms with van der Waals surface area (Å²) in [6.45, 7) is 0. The second-order valence-electron chi connectivity index (χ2n) is 2.67. The van der Waals surface area contributed by atoms with Gasteiger partial charge in [0.2, 0.25) is 0 Å². The van der Waals surface area contributed by atoms with Crippen LogP contribution in [0, 0.1) is 0 Å². The van der Waals surface area contributed by atoms with Crippen LogP contribution in [0.4, 0.5) is 0 Å². The normalized spacial score (nSPS) is 10.1. The van der Waals surface area contributed by atoms with Gasteiger partial charge < -0.3 is 9.47 Å². The number of thiophene rings is 2. The molecule has 0 bridgehead atoms. The summed E-state index contributed by atoms with van der Waals surface area (Å²) in [5.41, 5.74) is 0. The Labute approximate surface area is 90.7 Å². The van der Waals surface area contributed by atoms with Crippen LogP contribution in [-0.2, 0) is 0 Å². The highest BCUT2D eigenvalue weighted by Gasteiger charge is 2.09. The zero-order valence-corrected chi connectivity index (χ0v) is 9.58. The Bertz CT molecular complexity index is 417. The standard InChI is InChI=1S/C10H10O2S2/c1-11-7-5-9(14-6-7)10-8(12-2)3-4-13-10/h3-6H,1-2H3. The molecule has 0 aromatic carbocycles. The third-order valence-electron chi connectivity index (χ3n) is 1.88. The van der Waals surface area contributed by atoms with Crippen molar-refractivity contribution in [3.63, 3.8) is 0 Å². The van der Waals surface area contributed by atoms with Gasteiger partial charge in [-0.3, -0.25) is 0 Å². The molecule has 0 aliphatic rings. The molecule has 2 nitrogen and oxygen atoms in total. The van der Waals surface area contributed by atoms with E-state index in [0.717, 1.165) is 11.5 Å². The van der Waals surface area contributed by atoms with E-state index in [4.69, 9.17) is 9.47 Å². The summed E-state index contributed by atoms with van der Waals surface area (Å²) < 4.78 is 10.4. The van der Waals surface area contributed by atoms with Crippen molar-refractivity contribution in [2.45, 2.75) is 0 Å². The Morgan fingerprint density at radius 3 is 2.64 bits per heavy atom. The summed E-state index contributed by atoms with van der Waals surface area (Å²) in [5.74, 6) is 1.83. The Balaban J connectivity index is 2.38. The summed E-state index contributed by atoms with van der Waals surface area (Å²) in [4.78, 5) is 2.36. The highest BCUT2D eigenvalue weighted by atomic mass is 32.1. The largest absolute Gasteiger partial charge is 0.496 e. The van der Waals surface area contributed by atoms with Gasteiger partial charge in [-0.05, 0) is 17.5 Å². The lowest BCUT2D eigenvalue weighted by atomic mass is 10.3. The predicted octanol–water partition coefficient (Wildman–Crippen LogP) is 3.49. The van der Waals surface area contributed by atoms with Crippen molar-refractivity contribution in [2.24, 2.45) is 0 Å². The van der Waals surface area contributed by atoms with Gasteiger partial charge in [-0.1, -0.05) is 0 Å².